The first-order chi connectivity index (χ1) is 9.27. The molecule has 0 atom stereocenters. The van der Waals surface area contributed by atoms with Crippen molar-refractivity contribution in [3.8, 4) is 11.5 Å². The number of rotatable bonds is 3. The highest BCUT2D eigenvalue weighted by atomic mass is 79.9. The zero-order valence-corrected chi connectivity index (χ0v) is 13.0. The van der Waals surface area contributed by atoms with E-state index in [-0.39, 0.29) is 10.6 Å². The van der Waals surface area contributed by atoms with Crippen molar-refractivity contribution >= 4 is 31.6 Å². The first-order valence-corrected chi connectivity index (χ1v) is 7.97. The molecule has 0 bridgehead atoms. The largest absolute Gasteiger partial charge is 0.454 e. The lowest BCUT2D eigenvalue weighted by Gasteiger charge is -2.11. The molecule has 2 rings (SSSR count). The summed E-state index contributed by atoms with van der Waals surface area (Å²) in [5.74, 6) is 0.773. The Bertz CT molecular complexity index is 760. The molecule has 0 aliphatic heterocycles. The Morgan fingerprint density at radius 1 is 1.10 bits per heavy atom. The van der Waals surface area contributed by atoms with Gasteiger partial charge < -0.3 is 10.5 Å². The number of ether oxygens (including phenoxy) is 1. The van der Waals surface area contributed by atoms with E-state index in [1.807, 2.05) is 19.1 Å². The van der Waals surface area contributed by atoms with E-state index in [2.05, 4.69) is 15.9 Å². The van der Waals surface area contributed by atoms with Crippen molar-refractivity contribution in [2.45, 2.75) is 11.8 Å². The number of benzene rings is 2. The highest BCUT2D eigenvalue weighted by Gasteiger charge is 2.12. The second-order valence-corrected chi connectivity index (χ2v) is 6.70. The minimum Gasteiger partial charge on any atom is -0.454 e. The van der Waals surface area contributed by atoms with Gasteiger partial charge >= 0.3 is 0 Å². The summed E-state index contributed by atoms with van der Waals surface area (Å²) in [5, 5.41) is 5.09. The number of halogens is 1. The third-order valence-corrected chi connectivity index (χ3v) is 4.15. The van der Waals surface area contributed by atoms with E-state index in [1.54, 1.807) is 6.07 Å². The molecule has 0 spiro atoms. The summed E-state index contributed by atoms with van der Waals surface area (Å²) in [6, 6.07) is 9.60. The van der Waals surface area contributed by atoms with Crippen molar-refractivity contribution in [2.24, 2.45) is 5.14 Å². The number of hydrogen-bond donors (Lipinski definition) is 2. The summed E-state index contributed by atoms with van der Waals surface area (Å²) in [4.78, 5) is -0.0510. The van der Waals surface area contributed by atoms with E-state index < -0.39 is 10.0 Å². The number of nitrogen functional groups attached to an aromatic ring is 1. The molecule has 0 radical (unpaired) electrons. The van der Waals surface area contributed by atoms with Gasteiger partial charge in [-0.3, -0.25) is 0 Å². The van der Waals surface area contributed by atoms with E-state index in [0.717, 1.165) is 10.0 Å². The fraction of sp³-hybridized carbons (Fsp3) is 0.0769. The molecular formula is C13H13BrN2O3S. The molecule has 0 amide bonds. The molecule has 0 heterocycles. The molecule has 0 saturated heterocycles. The summed E-state index contributed by atoms with van der Waals surface area (Å²) >= 11 is 3.38. The van der Waals surface area contributed by atoms with Crippen LogP contribution in [0, 0.1) is 6.92 Å². The SMILES string of the molecule is Cc1ccc(Oc2cc(S(N)(=O)=O)ccc2N)c(Br)c1. The summed E-state index contributed by atoms with van der Waals surface area (Å²) in [6.45, 7) is 1.95. The highest BCUT2D eigenvalue weighted by molar-refractivity contribution is 9.10. The van der Waals surface area contributed by atoms with Crippen LogP contribution in [0.2, 0.25) is 0 Å². The monoisotopic (exact) mass is 356 g/mol. The van der Waals surface area contributed by atoms with Crippen LogP contribution in [0.4, 0.5) is 5.69 Å². The van der Waals surface area contributed by atoms with Crippen LogP contribution in [-0.2, 0) is 10.0 Å². The topological polar surface area (TPSA) is 95.4 Å². The third kappa shape index (κ3) is 3.30. The van der Waals surface area contributed by atoms with Gasteiger partial charge in [0, 0.05) is 6.07 Å². The van der Waals surface area contributed by atoms with Crippen LogP contribution >= 0.6 is 15.9 Å². The Kier molecular flexibility index (Phi) is 4.03. The number of hydrogen-bond acceptors (Lipinski definition) is 4. The molecule has 2 aromatic carbocycles. The average molecular weight is 357 g/mol. The molecule has 106 valence electrons. The number of aryl methyl sites for hydroxylation is 1. The van der Waals surface area contributed by atoms with Gasteiger partial charge in [0.15, 0.2) is 5.75 Å². The smallest absolute Gasteiger partial charge is 0.238 e. The molecular weight excluding hydrogens is 344 g/mol. The fourth-order valence-corrected chi connectivity index (χ4v) is 2.69. The van der Waals surface area contributed by atoms with Crippen LogP contribution in [0.25, 0.3) is 0 Å². The Hall–Kier alpha value is -1.57. The summed E-state index contributed by atoms with van der Waals surface area (Å²) in [7, 11) is -3.80. The number of anilines is 1. The van der Waals surface area contributed by atoms with E-state index in [4.69, 9.17) is 15.6 Å². The Labute approximate surface area is 125 Å². The number of sulfonamides is 1. The van der Waals surface area contributed by atoms with Crippen molar-refractivity contribution in [1.82, 2.24) is 0 Å². The molecule has 20 heavy (non-hydrogen) atoms. The molecule has 2 aromatic rings. The van der Waals surface area contributed by atoms with Crippen molar-refractivity contribution in [2.75, 3.05) is 5.73 Å². The predicted octanol–water partition coefficient (Wildman–Crippen LogP) is 2.78. The van der Waals surface area contributed by atoms with Gasteiger partial charge in [0.05, 0.1) is 15.1 Å². The average Bonchev–Trinajstić information content (AvgIpc) is 2.33. The molecule has 0 unspecified atom stereocenters. The Morgan fingerprint density at radius 3 is 2.40 bits per heavy atom. The molecule has 0 aromatic heterocycles. The lowest BCUT2D eigenvalue weighted by atomic mass is 10.2. The molecule has 0 fully saturated rings. The van der Waals surface area contributed by atoms with Gasteiger partial charge in [0.1, 0.15) is 5.75 Å². The maximum Gasteiger partial charge on any atom is 0.238 e. The molecule has 5 nitrogen and oxygen atoms in total. The van der Waals surface area contributed by atoms with E-state index in [1.165, 1.54) is 18.2 Å². The van der Waals surface area contributed by atoms with Gasteiger partial charge in [-0.25, -0.2) is 13.6 Å². The summed E-state index contributed by atoms with van der Waals surface area (Å²) in [6.07, 6.45) is 0. The lowest BCUT2D eigenvalue weighted by Crippen LogP contribution is -2.12. The van der Waals surface area contributed by atoms with Gasteiger partial charge in [0.25, 0.3) is 0 Å². The molecule has 0 aliphatic rings. The van der Waals surface area contributed by atoms with Crippen molar-refractivity contribution < 1.29 is 13.2 Å². The highest BCUT2D eigenvalue weighted by Crippen LogP contribution is 2.34. The van der Waals surface area contributed by atoms with Gasteiger partial charge in [-0.05, 0) is 52.7 Å². The van der Waals surface area contributed by atoms with Crippen LogP contribution in [0.15, 0.2) is 45.8 Å². The maximum atomic E-state index is 11.3. The van der Waals surface area contributed by atoms with Gasteiger partial charge in [-0.15, -0.1) is 0 Å². The number of nitrogens with two attached hydrogens (primary N) is 2. The first kappa shape index (κ1) is 14.8. The standard InChI is InChI=1S/C13H13BrN2O3S/c1-8-2-5-12(10(14)6-8)19-13-7-9(20(16,17)18)3-4-11(13)15/h2-7H,15H2,1H3,(H2,16,17,18). The summed E-state index contributed by atoms with van der Waals surface area (Å²) < 4.78 is 29.1. The third-order valence-electron chi connectivity index (χ3n) is 2.62. The predicted molar refractivity (Wildman–Crippen MR) is 81.2 cm³/mol. The van der Waals surface area contributed by atoms with Gasteiger partial charge in [-0.1, -0.05) is 6.07 Å². The van der Waals surface area contributed by atoms with Crippen LogP contribution < -0.4 is 15.6 Å². The second-order valence-electron chi connectivity index (χ2n) is 4.28. The molecule has 0 aliphatic carbocycles. The molecule has 0 saturated carbocycles. The quantitative estimate of drug-likeness (QED) is 0.826. The van der Waals surface area contributed by atoms with E-state index in [0.29, 0.717) is 11.4 Å². The Morgan fingerprint density at radius 2 is 1.80 bits per heavy atom. The maximum absolute atomic E-state index is 11.3. The zero-order valence-electron chi connectivity index (χ0n) is 10.6. The van der Waals surface area contributed by atoms with Crippen LogP contribution in [-0.4, -0.2) is 8.42 Å². The van der Waals surface area contributed by atoms with Gasteiger partial charge in [0.2, 0.25) is 10.0 Å². The number of primary sulfonamides is 1. The van der Waals surface area contributed by atoms with Crippen LogP contribution in [0.1, 0.15) is 5.56 Å². The van der Waals surface area contributed by atoms with E-state index >= 15 is 0 Å². The zero-order chi connectivity index (χ0) is 14.9. The van der Waals surface area contributed by atoms with Crippen molar-refractivity contribution in [3.63, 3.8) is 0 Å². The van der Waals surface area contributed by atoms with Crippen molar-refractivity contribution in [3.05, 3.63) is 46.4 Å². The van der Waals surface area contributed by atoms with Crippen LogP contribution in [0.5, 0.6) is 11.5 Å². The normalized spacial score (nSPS) is 11.3. The van der Waals surface area contributed by atoms with Gasteiger partial charge in [-0.2, -0.15) is 0 Å². The Balaban J connectivity index is 2.43. The van der Waals surface area contributed by atoms with E-state index in [9.17, 15) is 8.42 Å². The molecule has 4 N–H and O–H groups in total. The molecule has 7 heteroatoms. The van der Waals surface area contributed by atoms with Crippen molar-refractivity contribution in [1.29, 1.82) is 0 Å². The minimum atomic E-state index is -3.80. The fourth-order valence-electron chi connectivity index (χ4n) is 1.59. The minimum absolute atomic E-state index is 0.0510. The first-order valence-electron chi connectivity index (χ1n) is 5.64. The lowest BCUT2D eigenvalue weighted by molar-refractivity contribution is 0.480. The van der Waals surface area contributed by atoms with Crippen LogP contribution in [0.3, 0.4) is 0 Å². The summed E-state index contributed by atoms with van der Waals surface area (Å²) in [5.41, 5.74) is 7.17. The second kappa shape index (κ2) is 5.43.